The van der Waals surface area contributed by atoms with Crippen molar-refractivity contribution < 1.29 is 8.42 Å². The monoisotopic (exact) mass is 306 g/mol. The molecule has 5 heteroatoms. The first-order chi connectivity index (χ1) is 10.0. The van der Waals surface area contributed by atoms with Crippen molar-refractivity contribution in [3.05, 3.63) is 29.3 Å². The van der Waals surface area contributed by atoms with E-state index in [9.17, 15) is 8.42 Å². The average Bonchev–Trinajstić information content (AvgIpc) is 2.72. The van der Waals surface area contributed by atoms with Gasteiger partial charge in [-0.15, -0.1) is 0 Å². The SMILES string of the molecule is CCC1CCCCCN1S(=O)(=O)c1ccc(C#N)c(C)c1. The zero-order valence-electron chi connectivity index (χ0n) is 12.7. The van der Waals surface area contributed by atoms with Gasteiger partial charge in [0.25, 0.3) is 0 Å². The van der Waals surface area contributed by atoms with Crippen molar-refractivity contribution in [3.63, 3.8) is 0 Å². The third-order valence-electron chi connectivity index (χ3n) is 4.22. The van der Waals surface area contributed by atoms with Crippen LogP contribution in [0.3, 0.4) is 0 Å². The molecule has 114 valence electrons. The standard InChI is InChI=1S/C16H22N2O2S/c1-3-15-7-5-4-6-10-18(15)21(19,20)16-9-8-14(12-17)13(2)11-16/h8-9,11,15H,3-7,10H2,1-2H3. The van der Waals surface area contributed by atoms with Gasteiger partial charge in [0.05, 0.1) is 16.5 Å². The van der Waals surface area contributed by atoms with Gasteiger partial charge in [-0.3, -0.25) is 0 Å². The summed E-state index contributed by atoms with van der Waals surface area (Å²) < 4.78 is 27.5. The van der Waals surface area contributed by atoms with Gasteiger partial charge < -0.3 is 0 Å². The van der Waals surface area contributed by atoms with Gasteiger partial charge in [0, 0.05) is 12.6 Å². The summed E-state index contributed by atoms with van der Waals surface area (Å²) in [6.45, 7) is 4.42. The number of hydrogen-bond donors (Lipinski definition) is 0. The second-order valence-corrected chi connectivity index (χ2v) is 7.51. The summed E-state index contributed by atoms with van der Waals surface area (Å²) in [5.41, 5.74) is 1.23. The third kappa shape index (κ3) is 3.28. The molecule has 1 fully saturated rings. The van der Waals surface area contributed by atoms with Gasteiger partial charge in [0.1, 0.15) is 0 Å². The highest BCUT2D eigenvalue weighted by Gasteiger charge is 2.31. The molecule has 0 saturated carbocycles. The zero-order valence-corrected chi connectivity index (χ0v) is 13.5. The number of benzene rings is 1. The molecule has 1 aliphatic heterocycles. The Morgan fingerprint density at radius 2 is 2.10 bits per heavy atom. The zero-order chi connectivity index (χ0) is 15.5. The van der Waals surface area contributed by atoms with Crippen molar-refractivity contribution in [2.24, 2.45) is 0 Å². The minimum absolute atomic E-state index is 0.0912. The summed E-state index contributed by atoms with van der Waals surface area (Å²) in [4.78, 5) is 0.305. The second-order valence-electron chi connectivity index (χ2n) is 5.62. The fourth-order valence-electron chi connectivity index (χ4n) is 2.93. The van der Waals surface area contributed by atoms with E-state index >= 15 is 0 Å². The molecule has 4 nitrogen and oxygen atoms in total. The van der Waals surface area contributed by atoms with Crippen LogP contribution >= 0.6 is 0 Å². The van der Waals surface area contributed by atoms with Gasteiger partial charge in [0.2, 0.25) is 10.0 Å². The molecule has 1 heterocycles. The lowest BCUT2D eigenvalue weighted by Crippen LogP contribution is -2.39. The Labute approximate surface area is 127 Å². The topological polar surface area (TPSA) is 61.2 Å². The Balaban J connectivity index is 2.40. The fourth-order valence-corrected chi connectivity index (χ4v) is 4.79. The summed E-state index contributed by atoms with van der Waals surface area (Å²) in [6, 6.07) is 6.93. The molecule has 0 amide bonds. The summed E-state index contributed by atoms with van der Waals surface area (Å²) >= 11 is 0. The van der Waals surface area contributed by atoms with Crippen LogP contribution in [-0.2, 0) is 10.0 Å². The predicted octanol–water partition coefficient (Wildman–Crippen LogP) is 3.21. The molecule has 0 bridgehead atoms. The van der Waals surface area contributed by atoms with Crippen molar-refractivity contribution in [2.45, 2.75) is 56.9 Å². The Kier molecular flexibility index (Phi) is 5.02. The third-order valence-corrected chi connectivity index (χ3v) is 6.17. The molecule has 2 rings (SSSR count). The van der Waals surface area contributed by atoms with Crippen LogP contribution in [0.5, 0.6) is 0 Å². The minimum atomic E-state index is -3.47. The van der Waals surface area contributed by atoms with E-state index in [0.717, 1.165) is 32.1 Å². The van der Waals surface area contributed by atoms with E-state index in [1.165, 1.54) is 0 Å². The molecule has 1 unspecified atom stereocenters. The first-order valence-corrected chi connectivity index (χ1v) is 8.97. The lowest BCUT2D eigenvalue weighted by atomic mass is 10.1. The smallest absolute Gasteiger partial charge is 0.207 e. The highest BCUT2D eigenvalue weighted by Crippen LogP contribution is 2.27. The largest absolute Gasteiger partial charge is 0.243 e. The minimum Gasteiger partial charge on any atom is -0.207 e. The maximum atomic E-state index is 12.9. The van der Waals surface area contributed by atoms with Crippen molar-refractivity contribution >= 4 is 10.0 Å². The number of aryl methyl sites for hydroxylation is 1. The van der Waals surface area contributed by atoms with Crippen LogP contribution in [0.4, 0.5) is 0 Å². The van der Waals surface area contributed by atoms with Gasteiger partial charge in [-0.05, 0) is 49.9 Å². The van der Waals surface area contributed by atoms with E-state index in [4.69, 9.17) is 5.26 Å². The van der Waals surface area contributed by atoms with E-state index in [1.54, 1.807) is 29.4 Å². The van der Waals surface area contributed by atoms with Crippen molar-refractivity contribution in [3.8, 4) is 6.07 Å². The van der Waals surface area contributed by atoms with Gasteiger partial charge in [-0.2, -0.15) is 9.57 Å². The Bertz CT molecular complexity index is 647. The molecule has 0 aliphatic carbocycles. The van der Waals surface area contributed by atoms with E-state index in [-0.39, 0.29) is 6.04 Å². The molecule has 0 N–H and O–H groups in total. The number of nitrogens with zero attached hydrogens (tertiary/aromatic N) is 2. The van der Waals surface area contributed by atoms with E-state index in [0.29, 0.717) is 22.6 Å². The first-order valence-electron chi connectivity index (χ1n) is 7.53. The van der Waals surface area contributed by atoms with Crippen molar-refractivity contribution in [1.82, 2.24) is 4.31 Å². The van der Waals surface area contributed by atoms with Crippen LogP contribution in [0.15, 0.2) is 23.1 Å². The van der Waals surface area contributed by atoms with Crippen LogP contribution in [0, 0.1) is 18.3 Å². The molecule has 1 atom stereocenters. The Morgan fingerprint density at radius 1 is 1.33 bits per heavy atom. The molecular weight excluding hydrogens is 284 g/mol. The van der Waals surface area contributed by atoms with Gasteiger partial charge >= 0.3 is 0 Å². The maximum absolute atomic E-state index is 12.9. The molecule has 1 aromatic rings. The number of nitriles is 1. The van der Waals surface area contributed by atoms with Crippen molar-refractivity contribution in [1.29, 1.82) is 5.26 Å². The van der Waals surface area contributed by atoms with Crippen LogP contribution < -0.4 is 0 Å². The van der Waals surface area contributed by atoms with Crippen LogP contribution in [-0.4, -0.2) is 25.3 Å². The summed E-state index contributed by atoms with van der Waals surface area (Å²) in [7, 11) is -3.47. The average molecular weight is 306 g/mol. The lowest BCUT2D eigenvalue weighted by molar-refractivity contribution is 0.315. The molecule has 0 spiro atoms. The highest BCUT2D eigenvalue weighted by atomic mass is 32.2. The van der Waals surface area contributed by atoms with E-state index in [2.05, 4.69) is 6.07 Å². The molecule has 0 aromatic heterocycles. The molecule has 21 heavy (non-hydrogen) atoms. The van der Waals surface area contributed by atoms with Gasteiger partial charge in [-0.1, -0.05) is 19.8 Å². The first kappa shape index (κ1) is 16.0. The van der Waals surface area contributed by atoms with Gasteiger partial charge in [0.15, 0.2) is 0 Å². The fraction of sp³-hybridized carbons (Fsp3) is 0.562. The molecule has 1 aromatic carbocycles. The number of hydrogen-bond acceptors (Lipinski definition) is 3. The normalized spacial score (nSPS) is 20.7. The summed E-state index contributed by atoms with van der Waals surface area (Å²) in [5.74, 6) is 0. The number of rotatable bonds is 3. The van der Waals surface area contributed by atoms with Crippen LogP contribution in [0.2, 0.25) is 0 Å². The summed E-state index contributed by atoms with van der Waals surface area (Å²) in [6.07, 6.45) is 4.89. The highest BCUT2D eigenvalue weighted by molar-refractivity contribution is 7.89. The molecule has 1 aliphatic rings. The Morgan fingerprint density at radius 3 is 2.71 bits per heavy atom. The quantitative estimate of drug-likeness (QED) is 0.861. The summed E-state index contributed by atoms with van der Waals surface area (Å²) in [5, 5.41) is 8.97. The lowest BCUT2D eigenvalue weighted by Gasteiger charge is -2.28. The molecule has 0 radical (unpaired) electrons. The predicted molar refractivity (Wildman–Crippen MR) is 82.3 cm³/mol. The van der Waals surface area contributed by atoms with Crippen molar-refractivity contribution in [2.75, 3.05) is 6.54 Å². The maximum Gasteiger partial charge on any atom is 0.243 e. The van der Waals surface area contributed by atoms with E-state index in [1.807, 2.05) is 6.92 Å². The molecular formula is C16H22N2O2S. The van der Waals surface area contributed by atoms with Crippen LogP contribution in [0.1, 0.15) is 50.2 Å². The van der Waals surface area contributed by atoms with E-state index < -0.39 is 10.0 Å². The number of sulfonamides is 1. The van der Waals surface area contributed by atoms with Gasteiger partial charge in [-0.25, -0.2) is 8.42 Å². The Hall–Kier alpha value is -1.38. The second kappa shape index (κ2) is 6.59. The molecule has 1 saturated heterocycles. The van der Waals surface area contributed by atoms with Crippen LogP contribution in [0.25, 0.3) is 0 Å².